The minimum absolute atomic E-state index is 0.0751. The van der Waals surface area contributed by atoms with Gasteiger partial charge in [0.2, 0.25) is 5.91 Å². The molecule has 2 aliphatic rings. The molecule has 1 aromatic heterocycles. The largest absolute Gasteiger partial charge is 0.444 e. The van der Waals surface area contributed by atoms with Crippen molar-refractivity contribution < 1.29 is 18.8 Å². The molecule has 7 nitrogen and oxygen atoms in total. The quantitative estimate of drug-likeness (QED) is 0.494. The van der Waals surface area contributed by atoms with Gasteiger partial charge in [0.1, 0.15) is 17.7 Å². The molecule has 1 aromatic rings. The number of unbranched alkanes of at least 4 members (excludes halogenated alkanes) is 1. The lowest BCUT2D eigenvalue weighted by atomic mass is 10.1. The second kappa shape index (κ2) is 8.65. The summed E-state index contributed by atoms with van der Waals surface area (Å²) in [6.07, 6.45) is 2.19. The monoisotopic (exact) mass is 437 g/mol. The average molecular weight is 438 g/mol. The highest BCUT2D eigenvalue weighted by atomic mass is 32.2. The Kier molecular flexibility index (Phi) is 6.60. The van der Waals surface area contributed by atoms with Crippen molar-refractivity contribution >= 4 is 43.7 Å². The van der Waals surface area contributed by atoms with Crippen LogP contribution in [0, 0.1) is 0 Å². The fraction of sp³-hybridized carbons (Fsp3) is 0.650. The van der Waals surface area contributed by atoms with Gasteiger partial charge in [-0.2, -0.15) is 0 Å². The second-order valence-corrected chi connectivity index (χ2v) is 14.9. The van der Waals surface area contributed by atoms with Crippen LogP contribution in [0.15, 0.2) is 17.0 Å². The summed E-state index contributed by atoms with van der Waals surface area (Å²) in [5.41, 5.74) is 0. The Morgan fingerprint density at radius 2 is 2.07 bits per heavy atom. The van der Waals surface area contributed by atoms with Crippen molar-refractivity contribution in [3.8, 4) is 0 Å². The molecule has 160 valence electrons. The number of hydrogen-bond donors (Lipinski definition) is 1. The summed E-state index contributed by atoms with van der Waals surface area (Å²) >= 11 is 1.45. The van der Waals surface area contributed by atoms with Crippen molar-refractivity contribution in [1.82, 2.24) is 4.98 Å². The number of fused-ring (bicyclic) bond motifs is 1. The summed E-state index contributed by atoms with van der Waals surface area (Å²) in [4.78, 5) is 30.8. The third kappa shape index (κ3) is 5.32. The molecular weight excluding hydrogens is 406 g/mol. The zero-order valence-electron chi connectivity index (χ0n) is 17.9. The van der Waals surface area contributed by atoms with Gasteiger partial charge < -0.3 is 14.5 Å². The van der Waals surface area contributed by atoms with Gasteiger partial charge in [0.25, 0.3) is 0 Å². The molecule has 3 heterocycles. The molecule has 1 saturated heterocycles. The molecule has 0 bridgehead atoms. The third-order valence-corrected chi connectivity index (χ3v) is 11.4. The number of nitrogens with one attached hydrogen (secondary N) is 1. The van der Waals surface area contributed by atoms with Crippen molar-refractivity contribution in [3.05, 3.63) is 12.1 Å². The van der Waals surface area contributed by atoms with Gasteiger partial charge in [-0.05, 0) is 49.5 Å². The van der Waals surface area contributed by atoms with Gasteiger partial charge in [-0.15, -0.1) is 11.8 Å². The van der Waals surface area contributed by atoms with Crippen LogP contribution in [-0.4, -0.2) is 50.3 Å². The Morgan fingerprint density at radius 1 is 1.31 bits per heavy atom. The number of pyridine rings is 1. The summed E-state index contributed by atoms with van der Waals surface area (Å²) in [6, 6.07) is 3.70. The predicted octanol–water partition coefficient (Wildman–Crippen LogP) is 4.64. The summed E-state index contributed by atoms with van der Waals surface area (Å²) < 4.78 is 11.7. The van der Waals surface area contributed by atoms with E-state index in [0.29, 0.717) is 23.9 Å². The van der Waals surface area contributed by atoms with E-state index >= 15 is 0 Å². The minimum atomic E-state index is -1.70. The standard InChI is InChI=1S/C20H31N3O4SSi/c1-20(2,3)29(4,5)26-11-7-6-8-14-12-23(19(25)27-14)16-10-9-15-18(21-16)22-17(24)13-28-15/h9-10,14H,6-8,11-13H2,1-5H3,(H,21,22,24)/t14-/m1/s1. The number of aromatic nitrogens is 1. The first kappa shape index (κ1) is 22.1. The molecule has 1 atom stereocenters. The van der Waals surface area contributed by atoms with Crippen LogP contribution in [0.5, 0.6) is 0 Å². The van der Waals surface area contributed by atoms with E-state index in [4.69, 9.17) is 9.16 Å². The zero-order valence-corrected chi connectivity index (χ0v) is 19.7. The van der Waals surface area contributed by atoms with Gasteiger partial charge in [0.15, 0.2) is 8.32 Å². The van der Waals surface area contributed by atoms with Crippen LogP contribution in [0.1, 0.15) is 40.0 Å². The normalized spacial score (nSPS) is 19.8. The van der Waals surface area contributed by atoms with Crippen molar-refractivity contribution in [2.45, 2.75) is 69.2 Å². The van der Waals surface area contributed by atoms with Gasteiger partial charge in [-0.3, -0.25) is 9.69 Å². The second-order valence-electron chi connectivity index (χ2n) is 9.07. The SMILES string of the molecule is CC(C)(C)[Si](C)(C)OCCCC[C@@H]1CN(c2ccc3c(n2)NC(=O)CS3)C(=O)O1. The Morgan fingerprint density at radius 3 is 2.79 bits per heavy atom. The molecule has 2 amide bonds. The van der Waals surface area contributed by atoms with Crippen LogP contribution in [0.2, 0.25) is 18.1 Å². The molecular formula is C20H31N3O4SSi. The van der Waals surface area contributed by atoms with Crippen LogP contribution in [0.4, 0.5) is 16.4 Å². The minimum Gasteiger partial charge on any atom is -0.444 e. The molecule has 29 heavy (non-hydrogen) atoms. The van der Waals surface area contributed by atoms with E-state index in [-0.39, 0.29) is 23.1 Å². The first-order chi connectivity index (χ1) is 13.6. The molecule has 0 radical (unpaired) electrons. The lowest BCUT2D eigenvalue weighted by Crippen LogP contribution is -2.40. The molecule has 9 heteroatoms. The Labute approximate surface area is 178 Å². The highest BCUT2D eigenvalue weighted by Crippen LogP contribution is 2.37. The molecule has 3 rings (SSSR count). The van der Waals surface area contributed by atoms with Gasteiger partial charge >= 0.3 is 6.09 Å². The van der Waals surface area contributed by atoms with Crippen molar-refractivity contribution in [1.29, 1.82) is 0 Å². The van der Waals surface area contributed by atoms with Crippen LogP contribution in [-0.2, 0) is 14.0 Å². The lowest BCUT2D eigenvalue weighted by Gasteiger charge is -2.36. The molecule has 0 unspecified atom stereocenters. The highest BCUT2D eigenvalue weighted by Gasteiger charge is 2.37. The van der Waals surface area contributed by atoms with Crippen molar-refractivity contribution in [2.24, 2.45) is 0 Å². The number of thioether (sulfide) groups is 1. The molecule has 0 aromatic carbocycles. The smallest absolute Gasteiger partial charge is 0.415 e. The van der Waals surface area contributed by atoms with E-state index in [1.54, 1.807) is 11.0 Å². The summed E-state index contributed by atoms with van der Waals surface area (Å²) in [5.74, 6) is 1.35. The summed E-state index contributed by atoms with van der Waals surface area (Å²) in [7, 11) is -1.70. The van der Waals surface area contributed by atoms with E-state index in [9.17, 15) is 9.59 Å². The number of anilines is 2. The van der Waals surface area contributed by atoms with E-state index in [0.717, 1.165) is 30.8 Å². The average Bonchev–Trinajstić information content (AvgIpc) is 3.00. The van der Waals surface area contributed by atoms with Crippen LogP contribution < -0.4 is 10.2 Å². The molecule has 2 aliphatic heterocycles. The fourth-order valence-electron chi connectivity index (χ4n) is 2.98. The number of hydrogen-bond acceptors (Lipinski definition) is 6. The zero-order chi connectivity index (χ0) is 21.2. The molecule has 1 N–H and O–H groups in total. The van der Waals surface area contributed by atoms with Crippen molar-refractivity contribution in [2.75, 3.05) is 29.1 Å². The van der Waals surface area contributed by atoms with E-state index in [2.05, 4.69) is 44.2 Å². The molecule has 0 spiro atoms. The highest BCUT2D eigenvalue weighted by molar-refractivity contribution is 8.00. The first-order valence-electron chi connectivity index (χ1n) is 10.1. The molecule has 1 fully saturated rings. The topological polar surface area (TPSA) is 80.8 Å². The number of carbonyl (C=O) groups excluding carboxylic acids is 2. The number of ether oxygens (including phenoxy) is 1. The number of cyclic esters (lactones) is 1. The predicted molar refractivity (Wildman–Crippen MR) is 118 cm³/mol. The van der Waals surface area contributed by atoms with E-state index < -0.39 is 8.32 Å². The third-order valence-electron chi connectivity index (χ3n) is 5.80. The number of carbonyl (C=O) groups is 2. The number of amides is 2. The van der Waals surface area contributed by atoms with E-state index in [1.165, 1.54) is 11.8 Å². The lowest BCUT2D eigenvalue weighted by molar-refractivity contribution is -0.113. The molecule has 0 saturated carbocycles. The van der Waals surface area contributed by atoms with Gasteiger partial charge in [-0.25, -0.2) is 9.78 Å². The first-order valence-corrected chi connectivity index (χ1v) is 14.0. The molecule has 0 aliphatic carbocycles. The van der Waals surface area contributed by atoms with E-state index in [1.807, 2.05) is 6.07 Å². The Bertz CT molecular complexity index is 781. The summed E-state index contributed by atoms with van der Waals surface area (Å²) in [6.45, 7) is 12.5. The van der Waals surface area contributed by atoms with Crippen LogP contribution in [0.25, 0.3) is 0 Å². The Hall–Kier alpha value is -1.58. The van der Waals surface area contributed by atoms with Crippen LogP contribution in [0.3, 0.4) is 0 Å². The number of nitrogens with zero attached hydrogens (tertiary/aromatic N) is 2. The van der Waals surface area contributed by atoms with Gasteiger partial charge in [0.05, 0.1) is 17.2 Å². The Balaban J connectivity index is 1.47. The number of rotatable bonds is 7. The maximum absolute atomic E-state index is 12.3. The van der Waals surface area contributed by atoms with Crippen LogP contribution >= 0.6 is 11.8 Å². The maximum atomic E-state index is 12.3. The van der Waals surface area contributed by atoms with Gasteiger partial charge in [-0.1, -0.05) is 20.8 Å². The van der Waals surface area contributed by atoms with Crippen molar-refractivity contribution in [3.63, 3.8) is 0 Å². The summed E-state index contributed by atoms with van der Waals surface area (Å²) in [5, 5.41) is 2.98. The maximum Gasteiger partial charge on any atom is 0.415 e. The fourth-order valence-corrected chi connectivity index (χ4v) is 4.82. The van der Waals surface area contributed by atoms with Gasteiger partial charge in [0, 0.05) is 6.61 Å².